The Balaban J connectivity index is 1.56. The third kappa shape index (κ3) is 6.35. The van der Waals surface area contributed by atoms with Crippen molar-refractivity contribution in [2.45, 2.75) is 20.0 Å². The van der Waals surface area contributed by atoms with E-state index >= 15 is 0 Å². The predicted molar refractivity (Wildman–Crippen MR) is 167 cm³/mol. The minimum atomic E-state index is -0.261. The lowest BCUT2D eigenvalue weighted by Gasteiger charge is -2.17. The van der Waals surface area contributed by atoms with Crippen LogP contribution in [0.1, 0.15) is 23.6 Å². The number of ether oxygens (including phenoxy) is 2. The zero-order valence-corrected chi connectivity index (χ0v) is 23.9. The Morgan fingerprint density at radius 3 is 2.49 bits per heavy atom. The summed E-state index contributed by atoms with van der Waals surface area (Å²) in [6, 6.07) is 25.9. The van der Waals surface area contributed by atoms with Gasteiger partial charge in [0, 0.05) is 11.1 Å². The van der Waals surface area contributed by atoms with E-state index in [0.717, 1.165) is 22.3 Å². The van der Waals surface area contributed by atoms with Crippen LogP contribution in [0.3, 0.4) is 0 Å². The zero-order valence-electron chi connectivity index (χ0n) is 22.4. The topological polar surface area (TPSA) is 65.7 Å². The van der Waals surface area contributed by atoms with Crippen molar-refractivity contribution >= 4 is 40.3 Å². The predicted octanol–water partition coefficient (Wildman–Crippen LogP) is 7.96. The van der Waals surface area contributed by atoms with Crippen LogP contribution < -0.4 is 15.0 Å². The molecule has 0 saturated carbocycles. The van der Waals surface area contributed by atoms with E-state index in [0.29, 0.717) is 51.3 Å². The molecular weight excluding hydrogens is 557 g/mol. The Morgan fingerprint density at radius 2 is 1.73 bits per heavy atom. The summed E-state index contributed by atoms with van der Waals surface area (Å²) in [4.78, 5) is 18.3. The van der Waals surface area contributed by atoms with Gasteiger partial charge in [-0.25, -0.2) is 4.98 Å². The molecule has 206 valence electrons. The van der Waals surface area contributed by atoms with Gasteiger partial charge in [-0.15, -0.1) is 6.58 Å². The number of aromatic nitrogens is 2. The van der Waals surface area contributed by atoms with Gasteiger partial charge in [-0.2, -0.15) is 9.78 Å². The first-order valence-electron chi connectivity index (χ1n) is 13.1. The summed E-state index contributed by atoms with van der Waals surface area (Å²) in [6.07, 6.45) is 3.95. The molecule has 41 heavy (non-hydrogen) atoms. The second-order valence-electron chi connectivity index (χ2n) is 9.15. The average molecular weight is 585 g/mol. The van der Waals surface area contributed by atoms with Gasteiger partial charge < -0.3 is 9.47 Å². The van der Waals surface area contributed by atoms with Crippen molar-refractivity contribution < 1.29 is 9.47 Å². The van der Waals surface area contributed by atoms with Gasteiger partial charge in [0.05, 0.1) is 33.8 Å². The van der Waals surface area contributed by atoms with Gasteiger partial charge in [-0.05, 0) is 60.9 Å². The minimum Gasteiger partial charge on any atom is -0.490 e. The fourth-order valence-electron chi connectivity index (χ4n) is 4.41. The van der Waals surface area contributed by atoms with Gasteiger partial charge in [-0.1, -0.05) is 77.8 Å². The third-order valence-electron chi connectivity index (χ3n) is 6.29. The molecule has 0 aliphatic carbocycles. The first kappa shape index (κ1) is 28.1. The standard InChI is InChI=1S/C33H27Cl2N3O3/c1-3-10-25-17-23(19-30(40-4-2)31(25)41-21-22-15-16-27(34)28(35)18-22)20-36-38-32(24-11-6-5-7-12-24)37-29-14-9-8-13-26(29)33(38)39/h3,5-9,11-20H,1,4,10,21H2,2H3. The fraction of sp³-hybridized carbons (Fsp3) is 0.121. The molecule has 0 aliphatic heterocycles. The monoisotopic (exact) mass is 583 g/mol. The molecule has 0 N–H and O–H groups in total. The lowest BCUT2D eigenvalue weighted by Crippen LogP contribution is -2.20. The normalized spacial score (nSPS) is 11.2. The minimum absolute atomic E-state index is 0.261. The first-order chi connectivity index (χ1) is 20.0. The van der Waals surface area contributed by atoms with Gasteiger partial charge in [0.1, 0.15) is 6.61 Å². The molecule has 0 spiro atoms. The van der Waals surface area contributed by atoms with Crippen molar-refractivity contribution in [3.05, 3.63) is 135 Å². The molecule has 0 bridgehead atoms. The van der Waals surface area contributed by atoms with Gasteiger partial charge in [0.2, 0.25) is 0 Å². The zero-order chi connectivity index (χ0) is 28.8. The average Bonchev–Trinajstić information content (AvgIpc) is 2.98. The maximum Gasteiger partial charge on any atom is 0.282 e. The van der Waals surface area contributed by atoms with E-state index in [1.54, 1.807) is 30.5 Å². The van der Waals surface area contributed by atoms with E-state index in [4.69, 9.17) is 37.7 Å². The molecule has 4 aromatic carbocycles. The quantitative estimate of drug-likeness (QED) is 0.123. The van der Waals surface area contributed by atoms with E-state index in [-0.39, 0.29) is 12.2 Å². The van der Waals surface area contributed by atoms with Gasteiger partial charge >= 0.3 is 0 Å². The highest BCUT2D eigenvalue weighted by Gasteiger charge is 2.15. The molecule has 0 fully saturated rings. The van der Waals surface area contributed by atoms with Crippen molar-refractivity contribution in [3.8, 4) is 22.9 Å². The van der Waals surface area contributed by atoms with E-state index in [2.05, 4.69) is 11.7 Å². The van der Waals surface area contributed by atoms with Crippen molar-refractivity contribution in [1.29, 1.82) is 0 Å². The summed E-state index contributed by atoms with van der Waals surface area (Å²) in [6.45, 7) is 6.52. The second kappa shape index (κ2) is 12.9. The van der Waals surface area contributed by atoms with Crippen molar-refractivity contribution in [2.24, 2.45) is 5.10 Å². The summed E-state index contributed by atoms with van der Waals surface area (Å²) in [5.41, 5.74) is 3.59. The second-order valence-corrected chi connectivity index (χ2v) is 9.96. The largest absolute Gasteiger partial charge is 0.490 e. The lowest BCUT2D eigenvalue weighted by molar-refractivity contribution is 0.267. The summed E-state index contributed by atoms with van der Waals surface area (Å²) in [7, 11) is 0. The van der Waals surface area contributed by atoms with Crippen LogP contribution in [0.25, 0.3) is 22.3 Å². The molecule has 0 atom stereocenters. The highest BCUT2D eigenvalue weighted by molar-refractivity contribution is 6.42. The van der Waals surface area contributed by atoms with E-state index in [1.165, 1.54) is 4.68 Å². The molecule has 0 saturated heterocycles. The molecule has 5 aromatic rings. The highest BCUT2D eigenvalue weighted by atomic mass is 35.5. The molecular formula is C33H27Cl2N3O3. The number of allylic oxidation sites excluding steroid dienone is 1. The first-order valence-corrected chi connectivity index (χ1v) is 13.8. The van der Waals surface area contributed by atoms with Crippen molar-refractivity contribution in [3.63, 3.8) is 0 Å². The van der Waals surface area contributed by atoms with Crippen LogP contribution in [0.4, 0.5) is 0 Å². The third-order valence-corrected chi connectivity index (χ3v) is 7.03. The molecule has 0 aliphatic rings. The Bertz CT molecular complexity index is 1800. The Hall–Kier alpha value is -4.39. The summed E-state index contributed by atoms with van der Waals surface area (Å²) in [5, 5.41) is 6.04. The fourth-order valence-corrected chi connectivity index (χ4v) is 4.73. The molecule has 0 amide bonds. The Kier molecular flexibility index (Phi) is 8.82. The molecule has 1 heterocycles. The number of hydrogen-bond acceptors (Lipinski definition) is 5. The van der Waals surface area contributed by atoms with Gasteiger partial charge in [0.15, 0.2) is 17.3 Å². The van der Waals surface area contributed by atoms with Crippen molar-refractivity contribution in [1.82, 2.24) is 9.66 Å². The molecule has 5 rings (SSSR count). The summed E-state index contributed by atoms with van der Waals surface area (Å²) in [5.74, 6) is 1.61. The van der Waals surface area contributed by atoms with Gasteiger partial charge in [0.25, 0.3) is 5.56 Å². The molecule has 8 heteroatoms. The van der Waals surface area contributed by atoms with E-state index in [1.807, 2.05) is 73.7 Å². The number of benzene rings is 4. The smallest absolute Gasteiger partial charge is 0.282 e. The van der Waals surface area contributed by atoms with Crippen molar-refractivity contribution in [2.75, 3.05) is 6.61 Å². The SMILES string of the molecule is C=CCc1cc(C=Nn2c(-c3ccccc3)nc3ccccc3c2=O)cc(OCC)c1OCc1ccc(Cl)c(Cl)c1. The van der Waals surface area contributed by atoms with E-state index in [9.17, 15) is 4.79 Å². The van der Waals surface area contributed by atoms with E-state index < -0.39 is 0 Å². The van der Waals surface area contributed by atoms with Crippen LogP contribution in [0.2, 0.25) is 10.0 Å². The number of halogens is 2. The number of para-hydroxylation sites is 1. The van der Waals surface area contributed by atoms with Crippen LogP contribution in [-0.4, -0.2) is 22.5 Å². The number of rotatable bonds is 10. The van der Waals surface area contributed by atoms with Crippen LogP contribution in [0, 0.1) is 0 Å². The molecule has 0 radical (unpaired) electrons. The molecule has 6 nitrogen and oxygen atoms in total. The van der Waals surface area contributed by atoms with Gasteiger partial charge in [-0.3, -0.25) is 4.79 Å². The van der Waals surface area contributed by atoms with Crippen LogP contribution in [0.5, 0.6) is 11.5 Å². The molecule has 0 unspecified atom stereocenters. The van der Waals surface area contributed by atoms with Crippen LogP contribution >= 0.6 is 23.2 Å². The van der Waals surface area contributed by atoms with Crippen LogP contribution in [0.15, 0.2) is 107 Å². The lowest BCUT2D eigenvalue weighted by atomic mass is 10.1. The maximum atomic E-state index is 13.5. The number of nitrogens with zero attached hydrogens (tertiary/aromatic N) is 3. The number of hydrogen-bond donors (Lipinski definition) is 0. The highest BCUT2D eigenvalue weighted by Crippen LogP contribution is 2.35. The summed E-state index contributed by atoms with van der Waals surface area (Å²) < 4.78 is 13.5. The molecule has 1 aromatic heterocycles. The Morgan fingerprint density at radius 1 is 0.951 bits per heavy atom. The Labute approximate surface area is 248 Å². The summed E-state index contributed by atoms with van der Waals surface area (Å²) >= 11 is 12.3. The van der Waals surface area contributed by atoms with Crippen LogP contribution in [-0.2, 0) is 13.0 Å². The number of fused-ring (bicyclic) bond motifs is 1. The maximum absolute atomic E-state index is 13.5.